The Labute approximate surface area is 159 Å². The van der Waals surface area contributed by atoms with Crippen LogP contribution in [0.3, 0.4) is 0 Å². The Bertz CT molecular complexity index is 802. The van der Waals surface area contributed by atoms with Gasteiger partial charge in [0.2, 0.25) is 5.95 Å². The zero-order chi connectivity index (χ0) is 18.8. The van der Waals surface area contributed by atoms with E-state index in [1.165, 1.54) is 12.1 Å². The van der Waals surface area contributed by atoms with E-state index < -0.39 is 0 Å². The molecule has 0 radical (unpaired) electrons. The fraction of sp³-hybridized carbons (Fsp3) is 0.476. The van der Waals surface area contributed by atoms with E-state index in [2.05, 4.69) is 16.7 Å². The molecule has 27 heavy (non-hydrogen) atoms. The Hall–Kier alpha value is -2.50. The zero-order valence-electron chi connectivity index (χ0n) is 15.6. The molecule has 1 aromatic heterocycles. The predicted molar refractivity (Wildman–Crippen MR) is 104 cm³/mol. The van der Waals surface area contributed by atoms with Crippen LogP contribution in [-0.2, 0) is 4.79 Å². The number of anilines is 2. The Morgan fingerprint density at radius 2 is 1.81 bits per heavy atom. The van der Waals surface area contributed by atoms with Crippen molar-refractivity contribution in [2.75, 3.05) is 29.4 Å². The third kappa shape index (κ3) is 3.80. The minimum Gasteiger partial charge on any atom is -0.356 e. The molecule has 142 valence electrons. The summed E-state index contributed by atoms with van der Waals surface area (Å²) < 4.78 is 13.3. The highest BCUT2D eigenvalue weighted by atomic mass is 19.1. The van der Waals surface area contributed by atoms with Crippen molar-refractivity contribution in [3.8, 4) is 11.3 Å². The highest BCUT2D eigenvalue weighted by Gasteiger charge is 2.26. The van der Waals surface area contributed by atoms with Gasteiger partial charge in [-0.05, 0) is 56.9 Å². The minimum absolute atomic E-state index is 0.151. The lowest BCUT2D eigenvalue weighted by Gasteiger charge is -2.32. The second-order valence-corrected chi connectivity index (χ2v) is 7.56. The molecule has 2 saturated heterocycles. The molecule has 5 nitrogen and oxygen atoms in total. The Morgan fingerprint density at radius 3 is 2.44 bits per heavy atom. The van der Waals surface area contributed by atoms with Gasteiger partial charge in [0.25, 0.3) is 0 Å². The first-order valence-electron chi connectivity index (χ1n) is 9.76. The van der Waals surface area contributed by atoms with E-state index in [1.807, 2.05) is 6.07 Å². The second kappa shape index (κ2) is 7.62. The van der Waals surface area contributed by atoms with Crippen molar-refractivity contribution >= 4 is 18.1 Å². The monoisotopic (exact) mass is 368 g/mol. The van der Waals surface area contributed by atoms with Gasteiger partial charge in [0.1, 0.15) is 17.9 Å². The standard InChI is InChI=1S/C21H25FN4O/c1-15-3-2-10-26(15)21-23-19(17-4-6-18(22)7-5-17)13-20(24-21)25-11-8-16(14-27)9-12-25/h4-7,13-16H,2-3,8-12H2,1H3. The van der Waals surface area contributed by atoms with E-state index in [-0.39, 0.29) is 11.7 Å². The van der Waals surface area contributed by atoms with Gasteiger partial charge >= 0.3 is 0 Å². The summed E-state index contributed by atoms with van der Waals surface area (Å²) in [6.45, 7) is 4.80. The average molecular weight is 368 g/mol. The van der Waals surface area contributed by atoms with Crippen LogP contribution in [0.15, 0.2) is 30.3 Å². The zero-order valence-corrected chi connectivity index (χ0v) is 15.6. The van der Waals surface area contributed by atoms with Gasteiger partial charge in [0.15, 0.2) is 0 Å². The number of carbonyl (C=O) groups excluding carboxylic acids is 1. The maximum atomic E-state index is 13.3. The summed E-state index contributed by atoms with van der Waals surface area (Å²) in [7, 11) is 0. The van der Waals surface area contributed by atoms with Crippen LogP contribution in [0.4, 0.5) is 16.2 Å². The normalized spacial score (nSPS) is 20.9. The summed E-state index contributed by atoms with van der Waals surface area (Å²) in [6, 6.07) is 8.85. The number of hydrogen-bond acceptors (Lipinski definition) is 5. The van der Waals surface area contributed by atoms with E-state index in [4.69, 9.17) is 9.97 Å². The second-order valence-electron chi connectivity index (χ2n) is 7.56. The van der Waals surface area contributed by atoms with Crippen LogP contribution >= 0.6 is 0 Å². The van der Waals surface area contributed by atoms with Crippen molar-refractivity contribution in [3.05, 3.63) is 36.1 Å². The van der Waals surface area contributed by atoms with Crippen LogP contribution in [0.2, 0.25) is 0 Å². The van der Waals surface area contributed by atoms with E-state index in [9.17, 15) is 9.18 Å². The molecule has 6 heteroatoms. The molecule has 2 aliphatic heterocycles. The summed E-state index contributed by atoms with van der Waals surface area (Å²) in [5.74, 6) is 1.53. The highest BCUT2D eigenvalue weighted by molar-refractivity contribution is 5.65. The first kappa shape index (κ1) is 17.9. The molecule has 3 heterocycles. The van der Waals surface area contributed by atoms with Gasteiger partial charge in [-0.2, -0.15) is 4.98 Å². The van der Waals surface area contributed by atoms with E-state index in [0.29, 0.717) is 6.04 Å². The molecule has 1 atom stereocenters. The highest BCUT2D eigenvalue weighted by Crippen LogP contribution is 2.30. The van der Waals surface area contributed by atoms with Crippen LogP contribution in [-0.4, -0.2) is 41.9 Å². The van der Waals surface area contributed by atoms with Crippen LogP contribution in [0.25, 0.3) is 11.3 Å². The molecule has 2 fully saturated rings. The van der Waals surface area contributed by atoms with Crippen LogP contribution in [0.1, 0.15) is 32.6 Å². The van der Waals surface area contributed by atoms with Gasteiger partial charge in [-0.3, -0.25) is 0 Å². The van der Waals surface area contributed by atoms with Crippen LogP contribution < -0.4 is 9.80 Å². The Kier molecular flexibility index (Phi) is 5.05. The molecule has 0 N–H and O–H groups in total. The summed E-state index contributed by atoms with van der Waals surface area (Å²) in [5.41, 5.74) is 1.70. The number of piperidine rings is 1. The SMILES string of the molecule is CC1CCCN1c1nc(-c2ccc(F)cc2)cc(N2CCC(C=O)CC2)n1. The molecule has 0 aliphatic carbocycles. The quantitative estimate of drug-likeness (QED) is 0.771. The first-order valence-corrected chi connectivity index (χ1v) is 9.76. The third-order valence-corrected chi connectivity index (χ3v) is 5.71. The van der Waals surface area contributed by atoms with Gasteiger partial charge in [-0.25, -0.2) is 9.37 Å². The summed E-state index contributed by atoms with van der Waals surface area (Å²) in [5, 5.41) is 0. The van der Waals surface area contributed by atoms with Crippen molar-refractivity contribution in [1.82, 2.24) is 9.97 Å². The molecule has 2 aromatic rings. The van der Waals surface area contributed by atoms with Crippen molar-refractivity contribution < 1.29 is 9.18 Å². The van der Waals surface area contributed by atoms with Crippen LogP contribution in [0.5, 0.6) is 0 Å². The molecule has 1 unspecified atom stereocenters. The lowest BCUT2D eigenvalue weighted by atomic mass is 9.98. The molecule has 0 spiro atoms. The van der Waals surface area contributed by atoms with E-state index >= 15 is 0 Å². The smallest absolute Gasteiger partial charge is 0.228 e. The molecule has 4 rings (SSSR count). The number of aromatic nitrogens is 2. The van der Waals surface area contributed by atoms with Gasteiger partial charge in [0, 0.05) is 43.2 Å². The topological polar surface area (TPSA) is 49.3 Å². The van der Waals surface area contributed by atoms with Crippen molar-refractivity contribution in [2.24, 2.45) is 5.92 Å². The summed E-state index contributed by atoms with van der Waals surface area (Å²) in [6.07, 6.45) is 5.07. The molecule has 0 saturated carbocycles. The average Bonchev–Trinajstić information content (AvgIpc) is 3.14. The fourth-order valence-corrected chi connectivity index (χ4v) is 3.98. The molecule has 0 amide bonds. The number of aldehydes is 1. The number of rotatable bonds is 4. The Balaban J connectivity index is 1.70. The molecule has 0 bridgehead atoms. The predicted octanol–water partition coefficient (Wildman–Crippen LogP) is 3.69. The fourth-order valence-electron chi connectivity index (χ4n) is 3.98. The molecular weight excluding hydrogens is 343 g/mol. The lowest BCUT2D eigenvalue weighted by Crippen LogP contribution is -2.35. The van der Waals surface area contributed by atoms with Crippen LogP contribution in [0, 0.1) is 11.7 Å². The third-order valence-electron chi connectivity index (χ3n) is 5.71. The maximum Gasteiger partial charge on any atom is 0.228 e. The van der Waals surface area contributed by atoms with Crippen molar-refractivity contribution in [3.63, 3.8) is 0 Å². The van der Waals surface area contributed by atoms with Gasteiger partial charge in [0.05, 0.1) is 5.69 Å². The van der Waals surface area contributed by atoms with E-state index in [0.717, 1.165) is 74.6 Å². The minimum atomic E-state index is -0.252. The van der Waals surface area contributed by atoms with Gasteiger partial charge in [-0.1, -0.05) is 0 Å². The molecule has 2 aliphatic rings. The number of benzene rings is 1. The largest absolute Gasteiger partial charge is 0.356 e. The Morgan fingerprint density at radius 1 is 1.07 bits per heavy atom. The maximum absolute atomic E-state index is 13.3. The number of hydrogen-bond donors (Lipinski definition) is 0. The van der Waals surface area contributed by atoms with Gasteiger partial charge in [-0.15, -0.1) is 0 Å². The lowest BCUT2D eigenvalue weighted by molar-refractivity contribution is -0.111. The number of halogens is 1. The van der Waals surface area contributed by atoms with E-state index in [1.54, 1.807) is 12.1 Å². The van der Waals surface area contributed by atoms with Crippen molar-refractivity contribution in [2.45, 2.75) is 38.6 Å². The number of nitrogens with zero attached hydrogens (tertiary/aromatic N) is 4. The molecule has 1 aromatic carbocycles. The summed E-state index contributed by atoms with van der Waals surface area (Å²) in [4.78, 5) is 25.2. The van der Waals surface area contributed by atoms with Crippen molar-refractivity contribution in [1.29, 1.82) is 0 Å². The number of carbonyl (C=O) groups is 1. The first-order chi connectivity index (χ1) is 13.1. The van der Waals surface area contributed by atoms with Gasteiger partial charge < -0.3 is 14.6 Å². The molecular formula is C21H25FN4O. The summed E-state index contributed by atoms with van der Waals surface area (Å²) >= 11 is 0.